The minimum Gasteiger partial charge on any atom is -0.394 e. The molecule has 1 saturated carbocycles. The minimum atomic E-state index is -0.292. The smallest absolute Gasteiger partial charge is 0.0611 e. The van der Waals surface area contributed by atoms with Crippen LogP contribution in [0.4, 0.5) is 0 Å². The summed E-state index contributed by atoms with van der Waals surface area (Å²) in [5, 5.41) is 8.68. The molecular formula is C6H13NO. The molecule has 1 rings (SSSR count). The fourth-order valence-corrected chi connectivity index (χ4v) is 0.872. The van der Waals surface area contributed by atoms with Crippen LogP contribution in [0.3, 0.4) is 0 Å². The first-order valence-corrected chi connectivity index (χ1v) is 3.06. The molecule has 0 unspecified atom stereocenters. The van der Waals surface area contributed by atoms with Gasteiger partial charge in [0.2, 0.25) is 0 Å². The lowest BCUT2D eigenvalue weighted by Gasteiger charge is -2.20. The summed E-state index contributed by atoms with van der Waals surface area (Å²) in [6, 6.07) is 0. The predicted octanol–water partition coefficient (Wildman–Crippen LogP) is 0.106. The molecule has 3 N–H and O–H groups in total. The summed E-state index contributed by atoms with van der Waals surface area (Å²) in [6.45, 7) is 2.03. The van der Waals surface area contributed by atoms with Gasteiger partial charge in [-0.1, -0.05) is 0 Å². The Bertz CT molecular complexity index is 86.5. The van der Waals surface area contributed by atoms with Crippen molar-refractivity contribution in [1.82, 2.24) is 0 Å². The summed E-state index contributed by atoms with van der Waals surface area (Å²) in [6.07, 6.45) is 2.40. The van der Waals surface area contributed by atoms with E-state index in [0.29, 0.717) is 5.92 Å². The molecule has 0 aromatic carbocycles. The van der Waals surface area contributed by atoms with Crippen molar-refractivity contribution in [2.45, 2.75) is 25.3 Å². The van der Waals surface area contributed by atoms with Gasteiger partial charge in [-0.25, -0.2) is 0 Å². The van der Waals surface area contributed by atoms with Crippen LogP contribution in [0.2, 0.25) is 0 Å². The van der Waals surface area contributed by atoms with Crippen LogP contribution in [0.1, 0.15) is 19.8 Å². The Morgan fingerprint density at radius 1 is 1.75 bits per heavy atom. The Morgan fingerprint density at radius 3 is 2.38 bits per heavy atom. The largest absolute Gasteiger partial charge is 0.394 e. The van der Waals surface area contributed by atoms with Crippen molar-refractivity contribution in [2.24, 2.45) is 11.7 Å². The molecule has 0 aromatic rings. The first-order valence-electron chi connectivity index (χ1n) is 3.06. The lowest BCUT2D eigenvalue weighted by molar-refractivity contribution is 0.191. The molecule has 2 heteroatoms. The number of nitrogens with two attached hydrogens (primary N) is 1. The van der Waals surface area contributed by atoms with Crippen molar-refractivity contribution in [2.75, 3.05) is 6.61 Å². The van der Waals surface area contributed by atoms with E-state index in [1.807, 2.05) is 6.92 Å². The van der Waals surface area contributed by atoms with Gasteiger partial charge in [0.05, 0.1) is 6.61 Å². The molecule has 0 bridgehead atoms. The first-order chi connectivity index (χ1) is 3.67. The maximum atomic E-state index is 8.68. The van der Waals surface area contributed by atoms with Crippen LogP contribution in [0.15, 0.2) is 0 Å². The maximum Gasteiger partial charge on any atom is 0.0611 e. The van der Waals surface area contributed by atoms with E-state index in [1.165, 1.54) is 12.8 Å². The van der Waals surface area contributed by atoms with E-state index >= 15 is 0 Å². The van der Waals surface area contributed by atoms with Gasteiger partial charge in [-0.3, -0.25) is 0 Å². The monoisotopic (exact) mass is 115 g/mol. The van der Waals surface area contributed by atoms with Crippen molar-refractivity contribution in [3.05, 3.63) is 0 Å². The molecule has 1 aliphatic rings. The highest BCUT2D eigenvalue weighted by Crippen LogP contribution is 2.37. The molecular weight excluding hydrogens is 102 g/mol. The summed E-state index contributed by atoms with van der Waals surface area (Å²) >= 11 is 0. The highest BCUT2D eigenvalue weighted by Gasteiger charge is 2.37. The Morgan fingerprint density at radius 2 is 2.25 bits per heavy atom. The number of aliphatic hydroxyl groups is 1. The zero-order chi connectivity index (χ0) is 6.20. The van der Waals surface area contributed by atoms with E-state index in [2.05, 4.69) is 0 Å². The van der Waals surface area contributed by atoms with Crippen molar-refractivity contribution in [3.63, 3.8) is 0 Å². The van der Waals surface area contributed by atoms with E-state index in [9.17, 15) is 0 Å². The maximum absolute atomic E-state index is 8.68. The summed E-state index contributed by atoms with van der Waals surface area (Å²) < 4.78 is 0. The number of aliphatic hydroxyl groups excluding tert-OH is 1. The van der Waals surface area contributed by atoms with Crippen LogP contribution in [0.25, 0.3) is 0 Å². The van der Waals surface area contributed by atoms with Gasteiger partial charge in [-0.15, -0.1) is 0 Å². The fraction of sp³-hybridized carbons (Fsp3) is 1.00. The van der Waals surface area contributed by atoms with Gasteiger partial charge in [0.25, 0.3) is 0 Å². The Hall–Kier alpha value is -0.0800. The quantitative estimate of drug-likeness (QED) is 0.536. The fourth-order valence-electron chi connectivity index (χ4n) is 0.872. The van der Waals surface area contributed by atoms with Gasteiger partial charge in [-0.05, 0) is 25.7 Å². The molecule has 1 fully saturated rings. The molecule has 0 aliphatic heterocycles. The van der Waals surface area contributed by atoms with Crippen LogP contribution in [0.5, 0.6) is 0 Å². The lowest BCUT2D eigenvalue weighted by Crippen LogP contribution is -2.42. The molecule has 0 spiro atoms. The van der Waals surface area contributed by atoms with Crippen molar-refractivity contribution in [3.8, 4) is 0 Å². The van der Waals surface area contributed by atoms with Crippen LogP contribution in [-0.2, 0) is 0 Å². The molecule has 0 amide bonds. The standard InChI is InChI=1S/C6H13NO/c1-6(7,4-8)5-2-3-5/h5,8H,2-4,7H2,1H3/t6-/m0/s1. The lowest BCUT2D eigenvalue weighted by atomic mass is 9.99. The Labute approximate surface area is 49.7 Å². The van der Waals surface area contributed by atoms with Gasteiger partial charge < -0.3 is 10.8 Å². The third-order valence-electron chi connectivity index (χ3n) is 1.85. The average Bonchev–Trinajstić information content (AvgIpc) is 2.44. The van der Waals surface area contributed by atoms with Crippen molar-refractivity contribution < 1.29 is 5.11 Å². The molecule has 0 aromatic heterocycles. The second-order valence-corrected chi connectivity index (χ2v) is 2.94. The van der Waals surface area contributed by atoms with Gasteiger partial charge in [0, 0.05) is 5.54 Å². The zero-order valence-electron chi connectivity index (χ0n) is 5.22. The van der Waals surface area contributed by atoms with E-state index in [-0.39, 0.29) is 12.1 Å². The number of hydrogen-bond acceptors (Lipinski definition) is 2. The second-order valence-electron chi connectivity index (χ2n) is 2.94. The highest BCUT2D eigenvalue weighted by atomic mass is 16.3. The molecule has 2 nitrogen and oxygen atoms in total. The van der Waals surface area contributed by atoms with Crippen LogP contribution < -0.4 is 5.73 Å². The number of hydrogen-bond donors (Lipinski definition) is 2. The van der Waals surface area contributed by atoms with E-state index < -0.39 is 0 Å². The van der Waals surface area contributed by atoms with Crippen molar-refractivity contribution >= 4 is 0 Å². The second kappa shape index (κ2) is 1.71. The third-order valence-corrected chi connectivity index (χ3v) is 1.85. The highest BCUT2D eigenvalue weighted by molar-refractivity contribution is 4.94. The molecule has 0 saturated heterocycles. The minimum absolute atomic E-state index is 0.123. The van der Waals surface area contributed by atoms with Crippen LogP contribution in [-0.4, -0.2) is 17.3 Å². The first kappa shape index (κ1) is 6.05. The Kier molecular flexibility index (Phi) is 1.29. The molecule has 0 radical (unpaired) electrons. The SMILES string of the molecule is C[C@](N)(CO)C1CC1. The molecule has 0 heterocycles. The average molecular weight is 115 g/mol. The zero-order valence-corrected chi connectivity index (χ0v) is 5.22. The van der Waals surface area contributed by atoms with Crippen LogP contribution in [0, 0.1) is 5.92 Å². The third kappa shape index (κ3) is 1.01. The summed E-state index contributed by atoms with van der Waals surface area (Å²) in [5.41, 5.74) is 5.38. The van der Waals surface area contributed by atoms with Crippen molar-refractivity contribution in [1.29, 1.82) is 0 Å². The van der Waals surface area contributed by atoms with Crippen LogP contribution >= 0.6 is 0 Å². The Balaban J connectivity index is 2.37. The van der Waals surface area contributed by atoms with Gasteiger partial charge in [0.15, 0.2) is 0 Å². The molecule has 1 atom stereocenters. The number of rotatable bonds is 2. The predicted molar refractivity (Wildman–Crippen MR) is 32.4 cm³/mol. The normalized spacial score (nSPS) is 27.4. The van der Waals surface area contributed by atoms with E-state index in [0.717, 1.165) is 0 Å². The van der Waals surface area contributed by atoms with E-state index in [4.69, 9.17) is 10.8 Å². The summed E-state index contributed by atoms with van der Waals surface area (Å²) in [5.74, 6) is 0.590. The molecule has 1 aliphatic carbocycles. The molecule has 48 valence electrons. The topological polar surface area (TPSA) is 46.2 Å². The molecule has 8 heavy (non-hydrogen) atoms. The van der Waals surface area contributed by atoms with E-state index in [1.54, 1.807) is 0 Å². The van der Waals surface area contributed by atoms with Gasteiger partial charge in [-0.2, -0.15) is 0 Å². The van der Waals surface area contributed by atoms with Gasteiger partial charge in [0.1, 0.15) is 0 Å². The summed E-state index contributed by atoms with van der Waals surface area (Å²) in [7, 11) is 0. The van der Waals surface area contributed by atoms with Gasteiger partial charge >= 0.3 is 0 Å². The summed E-state index contributed by atoms with van der Waals surface area (Å²) in [4.78, 5) is 0.